The zero-order valence-corrected chi connectivity index (χ0v) is 15.2. The summed E-state index contributed by atoms with van der Waals surface area (Å²) in [6.07, 6.45) is 1.42. The molecule has 5 heteroatoms. The summed E-state index contributed by atoms with van der Waals surface area (Å²) in [6, 6.07) is 10.8. The molecule has 1 heterocycles. The van der Waals surface area contributed by atoms with Gasteiger partial charge in [0, 0.05) is 18.6 Å². The molecule has 0 fully saturated rings. The van der Waals surface area contributed by atoms with Crippen LogP contribution in [-0.2, 0) is 0 Å². The summed E-state index contributed by atoms with van der Waals surface area (Å²) in [5.74, 6) is 2.15. The van der Waals surface area contributed by atoms with Gasteiger partial charge in [0.05, 0.1) is 7.11 Å². The van der Waals surface area contributed by atoms with Crippen molar-refractivity contribution >= 4 is 17.6 Å². The summed E-state index contributed by atoms with van der Waals surface area (Å²) in [7, 11) is 3.56. The van der Waals surface area contributed by atoms with Crippen molar-refractivity contribution in [2.75, 3.05) is 19.1 Å². The van der Waals surface area contributed by atoms with Gasteiger partial charge >= 0.3 is 29.6 Å². The van der Waals surface area contributed by atoms with E-state index in [4.69, 9.17) is 11.3 Å². The first-order chi connectivity index (χ1) is 9.13. The van der Waals surface area contributed by atoms with Gasteiger partial charge in [-0.25, -0.2) is 4.98 Å². The molecule has 0 saturated carbocycles. The molecule has 1 aromatic heterocycles. The molecule has 0 bridgehead atoms. The normalized spacial score (nSPS) is 9.10. The van der Waals surface area contributed by atoms with Crippen molar-refractivity contribution in [3.05, 3.63) is 55.9 Å². The summed E-state index contributed by atoms with van der Waals surface area (Å²) in [5.41, 5.74) is 1.57. The third kappa shape index (κ3) is 4.84. The van der Waals surface area contributed by atoms with Gasteiger partial charge in [-0.15, -0.1) is 0 Å². The maximum absolute atomic E-state index is 5.48. The number of nitrogens with zero attached hydrogens (tertiary/aromatic N) is 3. The number of anilines is 2. The van der Waals surface area contributed by atoms with Crippen molar-refractivity contribution < 1.29 is 34.3 Å². The van der Waals surface area contributed by atoms with Crippen LogP contribution >= 0.6 is 0 Å². The Hall–Kier alpha value is -1.36. The molecule has 0 aliphatic rings. The second kappa shape index (κ2) is 8.82. The Morgan fingerprint density at radius 2 is 1.86 bits per heavy atom. The number of aryl methyl sites for hydroxylation is 1. The summed E-state index contributed by atoms with van der Waals surface area (Å²) in [6.45, 7) is 7.31. The molecule has 2 aromatic rings. The summed E-state index contributed by atoms with van der Waals surface area (Å²) in [5, 5.41) is 0. The summed E-state index contributed by atoms with van der Waals surface area (Å²) in [4.78, 5) is 10.4. The first kappa shape index (κ1) is 19.6. The maximum Gasteiger partial charge on any atom is 1.00 e. The maximum atomic E-state index is 5.48. The van der Waals surface area contributed by atoms with Crippen LogP contribution in [0, 0.1) is 27.0 Å². The molecule has 2 rings (SSSR count). The standard InChI is InChI=1S/C15H15N3O.CH3.Na/c1-5-12-10-15(17-11(2)16-12)18(3)13-6-8-14(19-4)9-7-13;;/h1,5-9H,2-4H3;1H3;/q-2;-1;+1. The van der Waals surface area contributed by atoms with E-state index in [1.54, 1.807) is 7.11 Å². The Kier molecular flexibility index (Phi) is 8.25. The smallest absolute Gasteiger partial charge is 0.497 e. The Balaban J connectivity index is 0.00000200. The van der Waals surface area contributed by atoms with Gasteiger partial charge in [-0.3, -0.25) is 11.8 Å². The van der Waals surface area contributed by atoms with Gasteiger partial charge < -0.3 is 34.7 Å². The van der Waals surface area contributed by atoms with Crippen LogP contribution in [0.25, 0.3) is 6.08 Å². The molecule has 0 unspecified atom stereocenters. The minimum atomic E-state index is 0. The van der Waals surface area contributed by atoms with E-state index < -0.39 is 0 Å². The molecule has 4 nitrogen and oxygen atoms in total. The molecule has 21 heavy (non-hydrogen) atoms. The minimum Gasteiger partial charge on any atom is -0.497 e. The van der Waals surface area contributed by atoms with Crippen LogP contribution in [0.1, 0.15) is 11.5 Å². The number of hydrogen-bond acceptors (Lipinski definition) is 4. The average Bonchev–Trinajstić information content (AvgIpc) is 2.46. The molecule has 106 valence electrons. The number of aromatic nitrogens is 2. The van der Waals surface area contributed by atoms with Gasteiger partial charge in [-0.1, -0.05) is 0 Å². The SMILES string of the molecule is [CH-]=Cc1[c-]c(N(C)c2ccc(OC)cc2)nc(C)n1.[CH3-].[Na+]. The van der Waals surface area contributed by atoms with Crippen LogP contribution in [0.5, 0.6) is 5.75 Å². The Morgan fingerprint density at radius 1 is 1.24 bits per heavy atom. The largest absolute Gasteiger partial charge is 1.00 e. The summed E-state index contributed by atoms with van der Waals surface area (Å²) >= 11 is 0. The average molecular weight is 291 g/mol. The van der Waals surface area contributed by atoms with E-state index >= 15 is 0 Å². The van der Waals surface area contributed by atoms with E-state index in [-0.39, 0.29) is 37.0 Å². The van der Waals surface area contributed by atoms with Crippen LogP contribution in [0.2, 0.25) is 0 Å². The van der Waals surface area contributed by atoms with Crippen LogP contribution in [-0.4, -0.2) is 24.1 Å². The number of methoxy groups -OCH3 is 1. The number of ether oxygens (including phenoxy) is 1. The molecule has 0 aliphatic carbocycles. The van der Waals surface area contributed by atoms with Crippen molar-refractivity contribution in [2.45, 2.75) is 6.92 Å². The minimum absolute atomic E-state index is 0. The van der Waals surface area contributed by atoms with E-state index in [9.17, 15) is 0 Å². The Labute approximate surface area is 149 Å². The Bertz CT molecular complexity index is 585. The van der Waals surface area contributed by atoms with Crippen LogP contribution in [0.4, 0.5) is 11.5 Å². The predicted octanol–water partition coefficient (Wildman–Crippen LogP) is 0.262. The zero-order valence-electron chi connectivity index (χ0n) is 13.2. The van der Waals surface area contributed by atoms with E-state index in [1.807, 2.05) is 43.1 Å². The number of rotatable bonds is 4. The predicted molar refractivity (Wildman–Crippen MR) is 81.8 cm³/mol. The third-order valence-corrected chi connectivity index (χ3v) is 2.73. The van der Waals surface area contributed by atoms with Crippen LogP contribution in [0.3, 0.4) is 0 Å². The monoisotopic (exact) mass is 291 g/mol. The van der Waals surface area contributed by atoms with Crippen molar-refractivity contribution in [3.8, 4) is 5.75 Å². The van der Waals surface area contributed by atoms with E-state index in [1.165, 1.54) is 6.08 Å². The third-order valence-electron chi connectivity index (χ3n) is 2.73. The fourth-order valence-electron chi connectivity index (χ4n) is 1.69. The van der Waals surface area contributed by atoms with Crippen molar-refractivity contribution in [3.63, 3.8) is 0 Å². The first-order valence-corrected chi connectivity index (χ1v) is 5.84. The van der Waals surface area contributed by atoms with Crippen molar-refractivity contribution in [1.29, 1.82) is 0 Å². The van der Waals surface area contributed by atoms with Gasteiger partial charge in [-0.2, -0.15) is 0 Å². The number of hydrogen-bond donors (Lipinski definition) is 0. The van der Waals surface area contributed by atoms with Crippen LogP contribution in [0.15, 0.2) is 24.3 Å². The molecular formula is C16H18N3NaO-2. The molecule has 0 saturated heterocycles. The Morgan fingerprint density at radius 3 is 2.38 bits per heavy atom. The molecule has 0 atom stereocenters. The molecule has 0 amide bonds. The van der Waals surface area contributed by atoms with Gasteiger partial charge in [0.25, 0.3) is 0 Å². The molecule has 0 aliphatic heterocycles. The van der Waals surface area contributed by atoms with Gasteiger partial charge in [-0.05, 0) is 31.2 Å². The van der Waals surface area contributed by atoms with E-state index in [0.29, 0.717) is 17.3 Å². The fourth-order valence-corrected chi connectivity index (χ4v) is 1.69. The van der Waals surface area contributed by atoms with Crippen LogP contribution < -0.4 is 39.2 Å². The second-order valence-corrected chi connectivity index (χ2v) is 4.03. The first-order valence-electron chi connectivity index (χ1n) is 5.84. The molecule has 1 aromatic carbocycles. The fraction of sp³-hybridized carbons (Fsp3) is 0.188. The van der Waals surface area contributed by atoms with Gasteiger partial charge in [0.1, 0.15) is 11.6 Å². The number of benzene rings is 1. The van der Waals surface area contributed by atoms with Crippen molar-refractivity contribution in [1.82, 2.24) is 9.97 Å². The van der Waals surface area contributed by atoms with E-state index in [0.717, 1.165) is 11.4 Å². The molecule has 0 N–H and O–H groups in total. The zero-order chi connectivity index (χ0) is 13.8. The molecule has 0 spiro atoms. The summed E-state index contributed by atoms with van der Waals surface area (Å²) < 4.78 is 5.14. The quantitative estimate of drug-likeness (QED) is 0.598. The topological polar surface area (TPSA) is 38.2 Å². The van der Waals surface area contributed by atoms with Crippen molar-refractivity contribution in [2.24, 2.45) is 0 Å². The van der Waals surface area contributed by atoms with Gasteiger partial charge in [0.2, 0.25) is 0 Å². The molecule has 0 radical (unpaired) electrons. The molecular weight excluding hydrogens is 273 g/mol. The second-order valence-electron chi connectivity index (χ2n) is 4.03. The van der Waals surface area contributed by atoms with Gasteiger partial charge in [0.15, 0.2) is 0 Å². The van der Waals surface area contributed by atoms with E-state index in [2.05, 4.69) is 16.0 Å².